The van der Waals surface area contributed by atoms with Crippen LogP contribution in [0.5, 0.6) is 0 Å². The van der Waals surface area contributed by atoms with E-state index in [1.165, 1.54) is 0 Å². The zero-order valence-corrected chi connectivity index (χ0v) is 7.55. The molecule has 0 heterocycles. The molecule has 0 aliphatic heterocycles. The maximum Gasteiger partial charge on any atom is 0.469 e. The van der Waals surface area contributed by atoms with Gasteiger partial charge >= 0.3 is 7.82 Å². The maximum atomic E-state index is 10.5. The Morgan fingerprint density at radius 1 is 1.46 bits per heavy atom. The van der Waals surface area contributed by atoms with Gasteiger partial charge in [-0.05, 0) is 0 Å². The van der Waals surface area contributed by atoms with E-state index in [4.69, 9.17) is 20.0 Å². The van der Waals surface area contributed by atoms with Crippen molar-refractivity contribution in [1.29, 1.82) is 0 Å². The second-order valence-electron chi connectivity index (χ2n) is 2.34. The second kappa shape index (κ2) is 5.43. The van der Waals surface area contributed by atoms with Gasteiger partial charge in [-0.15, -0.1) is 0 Å². The molecule has 0 unspecified atom stereocenters. The predicted molar refractivity (Wildman–Crippen MR) is 40.7 cm³/mol. The number of phosphoric acid groups is 1. The first kappa shape index (κ1) is 12.7. The van der Waals surface area contributed by atoms with Crippen molar-refractivity contribution < 1.29 is 33.9 Å². The number of rotatable bonds is 6. The summed E-state index contributed by atoms with van der Waals surface area (Å²) in [7, 11) is -4.61. The number of Topliss-reactive ketones (excluding diaryl/α,β-unsaturated/α-hetero) is 1. The van der Waals surface area contributed by atoms with Crippen LogP contribution < -0.4 is 0 Å². The van der Waals surface area contributed by atoms with Crippen LogP contribution >= 0.6 is 7.82 Å². The van der Waals surface area contributed by atoms with Crippen molar-refractivity contribution in [3.63, 3.8) is 0 Å². The van der Waals surface area contributed by atoms with Crippen molar-refractivity contribution in [3.8, 4) is 0 Å². The molecule has 0 spiro atoms. The van der Waals surface area contributed by atoms with Gasteiger partial charge in [-0.1, -0.05) is 0 Å². The highest BCUT2D eigenvalue weighted by molar-refractivity contribution is 7.46. The van der Waals surface area contributed by atoms with E-state index >= 15 is 0 Å². The summed E-state index contributed by atoms with van der Waals surface area (Å²) in [6.45, 7) is -1.36. The Bertz CT molecular complexity index is 209. The highest BCUT2D eigenvalue weighted by Crippen LogP contribution is 2.35. The van der Waals surface area contributed by atoms with Gasteiger partial charge in [0.05, 0.1) is 12.7 Å². The molecule has 0 aromatic heterocycles. The summed E-state index contributed by atoms with van der Waals surface area (Å²) >= 11 is 0. The minimum absolute atomic E-state index is 0.392. The zero-order valence-electron chi connectivity index (χ0n) is 6.66. The third kappa shape index (κ3) is 8.04. The molecule has 0 saturated carbocycles. The number of phosphoric ester groups is 1. The van der Waals surface area contributed by atoms with E-state index in [1.807, 2.05) is 0 Å². The molecule has 7 nitrogen and oxygen atoms in total. The number of hydrogen-bond donors (Lipinski definition) is 4. The van der Waals surface area contributed by atoms with Crippen LogP contribution in [0.1, 0.15) is 6.42 Å². The van der Waals surface area contributed by atoms with Crippen LogP contribution in [0.25, 0.3) is 0 Å². The molecule has 0 saturated heterocycles. The van der Waals surface area contributed by atoms with E-state index in [9.17, 15) is 9.36 Å². The Morgan fingerprint density at radius 3 is 2.38 bits per heavy atom. The zero-order chi connectivity index (χ0) is 10.5. The van der Waals surface area contributed by atoms with Crippen LogP contribution in [-0.2, 0) is 13.9 Å². The summed E-state index contributed by atoms with van der Waals surface area (Å²) in [5.41, 5.74) is 0. The summed E-state index contributed by atoms with van der Waals surface area (Å²) in [5.74, 6) is -0.623. The van der Waals surface area contributed by atoms with Gasteiger partial charge in [-0.3, -0.25) is 9.32 Å². The number of aliphatic hydroxyl groups is 2. The topological polar surface area (TPSA) is 124 Å². The van der Waals surface area contributed by atoms with Crippen molar-refractivity contribution in [2.45, 2.75) is 12.5 Å². The fourth-order valence-corrected chi connectivity index (χ4v) is 0.936. The number of hydrogen-bond acceptors (Lipinski definition) is 5. The Kier molecular flexibility index (Phi) is 5.31. The molecule has 0 aliphatic carbocycles. The SMILES string of the molecule is O=C(CO)C[C@H](O)COP(=O)(O)O. The molecule has 8 heteroatoms. The number of carbonyl (C=O) groups is 1. The first-order valence-electron chi connectivity index (χ1n) is 3.36. The summed E-state index contributed by atoms with van der Waals surface area (Å²) in [6.07, 6.45) is -1.71. The lowest BCUT2D eigenvalue weighted by Gasteiger charge is -2.09. The molecule has 1 atom stereocenters. The van der Waals surface area contributed by atoms with Gasteiger partial charge in [-0.25, -0.2) is 4.57 Å². The van der Waals surface area contributed by atoms with E-state index in [0.717, 1.165) is 0 Å². The Balaban J connectivity index is 3.70. The molecule has 0 aliphatic rings. The molecule has 4 N–H and O–H groups in total. The van der Waals surface area contributed by atoms with Gasteiger partial charge in [0.15, 0.2) is 5.78 Å². The Hall–Kier alpha value is -0.300. The molecule has 0 aromatic carbocycles. The van der Waals surface area contributed by atoms with Gasteiger partial charge in [-0.2, -0.15) is 0 Å². The molecule has 0 rings (SSSR count). The average Bonchev–Trinajstić information content (AvgIpc) is 1.99. The maximum absolute atomic E-state index is 10.5. The molecule has 78 valence electrons. The lowest BCUT2D eigenvalue weighted by molar-refractivity contribution is -0.124. The highest BCUT2D eigenvalue weighted by Gasteiger charge is 2.18. The van der Waals surface area contributed by atoms with Crippen LogP contribution in [-0.4, -0.2) is 45.1 Å². The van der Waals surface area contributed by atoms with Crippen molar-refractivity contribution in [2.24, 2.45) is 0 Å². The smallest absolute Gasteiger partial charge is 0.390 e. The van der Waals surface area contributed by atoms with Crippen molar-refractivity contribution in [2.75, 3.05) is 13.2 Å². The first-order valence-corrected chi connectivity index (χ1v) is 4.89. The molecular formula is C5H11O7P. The first-order chi connectivity index (χ1) is 5.85. The molecule has 0 aromatic rings. The quantitative estimate of drug-likeness (QED) is 0.393. The summed E-state index contributed by atoms with van der Waals surface area (Å²) in [4.78, 5) is 26.9. The second-order valence-corrected chi connectivity index (χ2v) is 3.58. The van der Waals surface area contributed by atoms with Crippen LogP contribution in [0.4, 0.5) is 0 Å². The lowest BCUT2D eigenvalue weighted by atomic mass is 10.2. The molecule has 0 fully saturated rings. The Labute approximate surface area is 74.2 Å². The Morgan fingerprint density at radius 2 is 2.00 bits per heavy atom. The monoisotopic (exact) mass is 214 g/mol. The van der Waals surface area contributed by atoms with Crippen LogP contribution in [0.3, 0.4) is 0 Å². The van der Waals surface area contributed by atoms with Crippen LogP contribution in [0.15, 0.2) is 0 Å². The van der Waals surface area contributed by atoms with E-state index in [1.54, 1.807) is 0 Å². The number of aliphatic hydroxyl groups excluding tert-OH is 2. The van der Waals surface area contributed by atoms with Gasteiger partial charge in [0, 0.05) is 6.42 Å². The minimum Gasteiger partial charge on any atom is -0.390 e. The predicted octanol–water partition coefficient (Wildman–Crippen LogP) is -1.59. The average molecular weight is 214 g/mol. The fraction of sp³-hybridized carbons (Fsp3) is 0.800. The molecule has 0 amide bonds. The normalized spacial score (nSPS) is 14.2. The van der Waals surface area contributed by atoms with Gasteiger partial charge in [0.2, 0.25) is 0 Å². The minimum atomic E-state index is -4.61. The van der Waals surface area contributed by atoms with Gasteiger partial charge < -0.3 is 20.0 Å². The number of ketones is 1. The van der Waals surface area contributed by atoms with Crippen LogP contribution in [0, 0.1) is 0 Å². The summed E-state index contributed by atoms with van der Waals surface area (Å²) in [6, 6.07) is 0. The largest absolute Gasteiger partial charge is 0.469 e. The third-order valence-electron chi connectivity index (χ3n) is 1.07. The third-order valence-corrected chi connectivity index (χ3v) is 1.56. The van der Waals surface area contributed by atoms with E-state index in [-0.39, 0.29) is 0 Å². The standard InChI is InChI=1S/C5H11O7P/c6-2-4(7)1-5(8)3-12-13(9,10)11/h5-6,8H,1-3H2,(H2,9,10,11)/t5-/m0/s1. The molecule has 0 radical (unpaired) electrons. The summed E-state index contributed by atoms with van der Waals surface area (Å²) in [5, 5.41) is 17.2. The molecule has 0 bridgehead atoms. The van der Waals surface area contributed by atoms with Gasteiger partial charge in [0.1, 0.15) is 6.61 Å². The lowest BCUT2D eigenvalue weighted by Crippen LogP contribution is -2.20. The fourth-order valence-electron chi connectivity index (χ4n) is 0.569. The van der Waals surface area contributed by atoms with E-state index in [2.05, 4.69) is 4.52 Å². The van der Waals surface area contributed by atoms with E-state index in [0.29, 0.717) is 0 Å². The van der Waals surface area contributed by atoms with Crippen LogP contribution in [0.2, 0.25) is 0 Å². The molecule has 13 heavy (non-hydrogen) atoms. The number of carbonyl (C=O) groups excluding carboxylic acids is 1. The highest BCUT2D eigenvalue weighted by atomic mass is 31.2. The summed E-state index contributed by atoms with van der Waals surface area (Å²) < 4.78 is 14.0. The van der Waals surface area contributed by atoms with E-state index < -0.39 is 39.3 Å². The van der Waals surface area contributed by atoms with Gasteiger partial charge in [0.25, 0.3) is 0 Å². The van der Waals surface area contributed by atoms with Crippen molar-refractivity contribution in [1.82, 2.24) is 0 Å². The van der Waals surface area contributed by atoms with Crippen molar-refractivity contribution in [3.05, 3.63) is 0 Å². The molecular weight excluding hydrogens is 203 g/mol. The van der Waals surface area contributed by atoms with Crippen molar-refractivity contribution >= 4 is 13.6 Å².